The van der Waals surface area contributed by atoms with Gasteiger partial charge in [-0.15, -0.1) is 11.3 Å². The second-order valence-corrected chi connectivity index (χ2v) is 8.90. The Morgan fingerprint density at radius 2 is 1.72 bits per heavy atom. The third-order valence-electron chi connectivity index (χ3n) is 5.63. The molecule has 1 fully saturated rings. The molecule has 5 nitrogen and oxygen atoms in total. The Balaban J connectivity index is 1.54. The largest absolute Gasteiger partial charge is 0.392 e. The van der Waals surface area contributed by atoms with Crippen LogP contribution in [0, 0.1) is 0 Å². The Hall–Kier alpha value is -2.41. The predicted octanol–water partition coefficient (Wildman–Crippen LogP) is 3.80. The highest BCUT2D eigenvalue weighted by molar-refractivity contribution is 7.25. The number of benzene rings is 2. The Morgan fingerprint density at radius 3 is 2.48 bits per heavy atom. The van der Waals surface area contributed by atoms with Gasteiger partial charge >= 0.3 is 0 Å². The number of aliphatic hydroxyl groups excluding tert-OH is 1. The minimum atomic E-state index is -0.279. The lowest BCUT2D eigenvalue weighted by molar-refractivity contribution is 0.122. The van der Waals surface area contributed by atoms with Gasteiger partial charge in [-0.25, -0.2) is 4.98 Å². The molecule has 4 aromatic rings. The first-order chi connectivity index (χ1) is 14.2. The van der Waals surface area contributed by atoms with Crippen molar-refractivity contribution >= 4 is 37.7 Å². The van der Waals surface area contributed by atoms with Crippen molar-refractivity contribution in [2.45, 2.75) is 19.6 Å². The van der Waals surface area contributed by atoms with Gasteiger partial charge in [0.1, 0.15) is 4.83 Å². The summed E-state index contributed by atoms with van der Waals surface area (Å²) in [6.45, 7) is 7.20. The van der Waals surface area contributed by atoms with Crippen molar-refractivity contribution in [2.24, 2.45) is 0 Å². The van der Waals surface area contributed by atoms with Crippen LogP contribution in [-0.2, 0) is 6.54 Å². The summed E-state index contributed by atoms with van der Waals surface area (Å²) in [4.78, 5) is 11.0. The molecule has 1 atom stereocenters. The maximum Gasteiger partial charge on any atom is 0.207 e. The number of aliphatic hydroxyl groups is 1. The van der Waals surface area contributed by atoms with Crippen LogP contribution < -0.4 is 4.90 Å². The molecule has 5 rings (SSSR count). The van der Waals surface area contributed by atoms with Gasteiger partial charge in [0.25, 0.3) is 0 Å². The molecule has 0 amide bonds. The molecule has 2 aromatic heterocycles. The average molecular weight is 407 g/mol. The molecule has 0 aliphatic carbocycles. The van der Waals surface area contributed by atoms with Crippen molar-refractivity contribution in [2.75, 3.05) is 37.6 Å². The fourth-order valence-corrected chi connectivity index (χ4v) is 5.34. The second kappa shape index (κ2) is 7.78. The fraction of sp³-hybridized carbons (Fsp3) is 0.348. The number of piperazine rings is 1. The van der Waals surface area contributed by atoms with Crippen LogP contribution in [-0.4, -0.2) is 58.4 Å². The zero-order valence-corrected chi connectivity index (χ0v) is 17.5. The highest BCUT2D eigenvalue weighted by atomic mass is 32.1. The molecule has 1 unspecified atom stereocenters. The van der Waals surface area contributed by atoms with E-state index in [0.717, 1.165) is 50.0 Å². The molecule has 0 spiro atoms. The van der Waals surface area contributed by atoms with E-state index in [0.29, 0.717) is 0 Å². The van der Waals surface area contributed by atoms with Gasteiger partial charge in [0.15, 0.2) is 0 Å². The second-order valence-electron chi connectivity index (χ2n) is 7.87. The summed E-state index contributed by atoms with van der Waals surface area (Å²) >= 11 is 1.78. The van der Waals surface area contributed by atoms with E-state index in [1.807, 2.05) is 6.92 Å². The lowest BCUT2D eigenvalue weighted by Crippen LogP contribution is -2.49. The third-order valence-corrected chi connectivity index (χ3v) is 6.68. The molecule has 2 aromatic carbocycles. The smallest absolute Gasteiger partial charge is 0.207 e. The van der Waals surface area contributed by atoms with Crippen LogP contribution >= 0.6 is 11.3 Å². The molecule has 29 heavy (non-hydrogen) atoms. The molecule has 150 valence electrons. The first-order valence-electron chi connectivity index (χ1n) is 10.3. The highest BCUT2D eigenvalue weighted by Gasteiger charge is 2.24. The SMILES string of the molecule is CC(O)CN1CCN(c2nc3sc4ccccc4c3n2Cc2ccccc2)CC1. The van der Waals surface area contributed by atoms with E-state index in [-0.39, 0.29) is 6.10 Å². The number of rotatable bonds is 5. The summed E-state index contributed by atoms with van der Waals surface area (Å²) in [6.07, 6.45) is -0.279. The standard InChI is InChI=1S/C23H26N4OS/c1-17(28)15-25-11-13-26(14-12-25)23-24-22-21(19-9-5-6-10-20(19)29-22)27(23)16-18-7-3-2-4-8-18/h2-10,17,28H,11-16H2,1H3. The van der Waals surface area contributed by atoms with Gasteiger partial charge in [-0.2, -0.15) is 0 Å². The van der Waals surface area contributed by atoms with Gasteiger partial charge in [0.2, 0.25) is 5.95 Å². The zero-order valence-electron chi connectivity index (χ0n) is 16.7. The molecule has 3 heterocycles. The van der Waals surface area contributed by atoms with E-state index in [4.69, 9.17) is 4.98 Å². The van der Waals surface area contributed by atoms with Crippen LogP contribution in [0.4, 0.5) is 5.95 Å². The van der Waals surface area contributed by atoms with E-state index in [2.05, 4.69) is 69.0 Å². The van der Waals surface area contributed by atoms with Crippen LogP contribution in [0.3, 0.4) is 0 Å². The van der Waals surface area contributed by atoms with Crippen molar-refractivity contribution in [3.8, 4) is 0 Å². The number of nitrogens with zero attached hydrogens (tertiary/aromatic N) is 4. The lowest BCUT2D eigenvalue weighted by Gasteiger charge is -2.36. The van der Waals surface area contributed by atoms with Crippen LogP contribution in [0.15, 0.2) is 54.6 Å². The van der Waals surface area contributed by atoms with Gasteiger partial charge in [-0.1, -0.05) is 48.5 Å². The summed E-state index contributed by atoms with van der Waals surface area (Å²) in [6, 6.07) is 19.2. The molecule has 0 bridgehead atoms. The van der Waals surface area contributed by atoms with Crippen molar-refractivity contribution < 1.29 is 5.11 Å². The van der Waals surface area contributed by atoms with Crippen LogP contribution in [0.5, 0.6) is 0 Å². The van der Waals surface area contributed by atoms with Crippen LogP contribution in [0.2, 0.25) is 0 Å². The summed E-state index contributed by atoms with van der Waals surface area (Å²) in [5.74, 6) is 1.07. The average Bonchev–Trinajstić information content (AvgIpc) is 3.26. The molecular formula is C23H26N4OS. The minimum absolute atomic E-state index is 0.279. The maximum atomic E-state index is 9.69. The summed E-state index contributed by atoms with van der Waals surface area (Å²) in [7, 11) is 0. The van der Waals surface area contributed by atoms with E-state index >= 15 is 0 Å². The van der Waals surface area contributed by atoms with Gasteiger partial charge in [0.05, 0.1) is 18.2 Å². The van der Waals surface area contributed by atoms with Gasteiger partial charge in [-0.05, 0) is 18.6 Å². The van der Waals surface area contributed by atoms with Crippen molar-refractivity contribution in [1.29, 1.82) is 0 Å². The lowest BCUT2D eigenvalue weighted by atomic mass is 10.2. The van der Waals surface area contributed by atoms with E-state index in [1.54, 1.807) is 11.3 Å². The summed E-state index contributed by atoms with van der Waals surface area (Å²) in [5.41, 5.74) is 2.53. The van der Waals surface area contributed by atoms with E-state index < -0.39 is 0 Å². The number of hydrogen-bond donors (Lipinski definition) is 1. The normalized spacial score (nSPS) is 16.7. The van der Waals surface area contributed by atoms with Gasteiger partial charge < -0.3 is 14.6 Å². The van der Waals surface area contributed by atoms with E-state index in [1.165, 1.54) is 21.2 Å². The molecular weight excluding hydrogens is 380 g/mol. The van der Waals surface area contributed by atoms with E-state index in [9.17, 15) is 5.11 Å². The predicted molar refractivity (Wildman–Crippen MR) is 121 cm³/mol. The fourth-order valence-electron chi connectivity index (χ4n) is 4.27. The Labute approximate surface area is 174 Å². The molecule has 1 N–H and O–H groups in total. The number of thiophene rings is 1. The number of aromatic nitrogens is 2. The maximum absolute atomic E-state index is 9.69. The number of fused-ring (bicyclic) bond motifs is 3. The summed E-state index contributed by atoms with van der Waals surface area (Å²) < 4.78 is 3.69. The number of anilines is 1. The minimum Gasteiger partial charge on any atom is -0.392 e. The van der Waals surface area contributed by atoms with Crippen molar-refractivity contribution in [3.05, 3.63) is 60.2 Å². The Morgan fingerprint density at radius 1 is 1.00 bits per heavy atom. The first kappa shape index (κ1) is 18.6. The van der Waals surface area contributed by atoms with Crippen molar-refractivity contribution in [3.63, 3.8) is 0 Å². The van der Waals surface area contributed by atoms with Crippen LogP contribution in [0.1, 0.15) is 12.5 Å². The molecule has 0 saturated carbocycles. The highest BCUT2D eigenvalue weighted by Crippen LogP contribution is 2.37. The molecule has 6 heteroatoms. The summed E-state index contributed by atoms with van der Waals surface area (Å²) in [5, 5.41) is 11.0. The third kappa shape index (κ3) is 3.64. The zero-order chi connectivity index (χ0) is 19.8. The number of β-amino-alcohol motifs (C(OH)–C–C–N with tert-alkyl or cyclic N) is 1. The Bertz CT molecular complexity index is 1110. The molecule has 1 aliphatic heterocycles. The molecule has 1 saturated heterocycles. The van der Waals surface area contributed by atoms with Crippen LogP contribution in [0.25, 0.3) is 20.4 Å². The number of imidazole rings is 1. The van der Waals surface area contributed by atoms with Gasteiger partial charge in [0, 0.05) is 42.8 Å². The number of hydrogen-bond acceptors (Lipinski definition) is 5. The van der Waals surface area contributed by atoms with Gasteiger partial charge in [-0.3, -0.25) is 4.90 Å². The topological polar surface area (TPSA) is 44.5 Å². The quantitative estimate of drug-likeness (QED) is 0.548. The Kier molecular flexibility index (Phi) is 4.99. The van der Waals surface area contributed by atoms with Crippen molar-refractivity contribution in [1.82, 2.24) is 14.5 Å². The molecule has 1 aliphatic rings. The monoisotopic (exact) mass is 406 g/mol. The first-order valence-corrected chi connectivity index (χ1v) is 11.1. The molecule has 0 radical (unpaired) electrons.